The van der Waals surface area contributed by atoms with E-state index in [1.807, 2.05) is 35.2 Å². The number of piperidine rings is 1. The van der Waals surface area contributed by atoms with Crippen LogP contribution < -0.4 is 10.0 Å². The van der Waals surface area contributed by atoms with Crippen LogP contribution in [0, 0.1) is 0 Å². The van der Waals surface area contributed by atoms with Crippen molar-refractivity contribution in [3.8, 4) is 0 Å². The highest BCUT2D eigenvalue weighted by Crippen LogP contribution is 2.30. The zero-order valence-corrected chi connectivity index (χ0v) is 20.3. The summed E-state index contributed by atoms with van der Waals surface area (Å²) in [6, 6.07) is 14.3. The van der Waals surface area contributed by atoms with Crippen LogP contribution in [0.25, 0.3) is 0 Å². The number of hydrogen-bond donors (Lipinski definition) is 1. The van der Waals surface area contributed by atoms with Crippen molar-refractivity contribution in [2.75, 3.05) is 37.6 Å². The van der Waals surface area contributed by atoms with Gasteiger partial charge in [0.15, 0.2) is 0 Å². The van der Waals surface area contributed by atoms with E-state index in [9.17, 15) is 18.0 Å². The summed E-state index contributed by atoms with van der Waals surface area (Å²) < 4.78 is 23.3. The highest BCUT2D eigenvalue weighted by atomic mass is 32.2. The molecule has 0 aromatic heterocycles. The largest absolute Gasteiger partial charge is 0.339 e. The van der Waals surface area contributed by atoms with Crippen LogP contribution in [0.2, 0.25) is 0 Å². The Labute approximate surface area is 201 Å². The molecule has 8 nitrogen and oxygen atoms in total. The first-order valence-corrected chi connectivity index (χ1v) is 13.4. The summed E-state index contributed by atoms with van der Waals surface area (Å²) in [6.45, 7) is 5.11. The molecule has 9 heteroatoms. The molecule has 0 bridgehead atoms. The quantitative estimate of drug-likeness (QED) is 0.649. The first kappa shape index (κ1) is 24.4. The first-order valence-electron chi connectivity index (χ1n) is 11.8. The van der Waals surface area contributed by atoms with Gasteiger partial charge >= 0.3 is 0 Å². The predicted octanol–water partition coefficient (Wildman–Crippen LogP) is 2.24. The van der Waals surface area contributed by atoms with Crippen molar-refractivity contribution < 1.29 is 18.0 Å². The van der Waals surface area contributed by atoms with Gasteiger partial charge in [-0.15, -0.1) is 0 Å². The van der Waals surface area contributed by atoms with Gasteiger partial charge in [-0.3, -0.25) is 14.5 Å². The molecule has 2 heterocycles. The number of fused-ring (bicyclic) bond motifs is 1. The van der Waals surface area contributed by atoms with E-state index in [0.29, 0.717) is 38.2 Å². The van der Waals surface area contributed by atoms with Crippen LogP contribution in [0.4, 0.5) is 5.69 Å². The van der Waals surface area contributed by atoms with E-state index >= 15 is 0 Å². The average Bonchev–Trinajstić information content (AvgIpc) is 3.27. The Hall–Kier alpha value is -2.75. The van der Waals surface area contributed by atoms with E-state index in [0.717, 1.165) is 37.1 Å². The zero-order chi connectivity index (χ0) is 24.3. The van der Waals surface area contributed by atoms with E-state index in [2.05, 4.69) is 11.8 Å². The second kappa shape index (κ2) is 10.2. The number of rotatable bonds is 7. The fraction of sp³-hybridized carbons (Fsp3) is 0.440. The van der Waals surface area contributed by atoms with Crippen molar-refractivity contribution in [1.82, 2.24) is 9.80 Å². The Kier molecular flexibility index (Phi) is 7.35. The van der Waals surface area contributed by atoms with E-state index in [1.54, 1.807) is 17.0 Å². The number of nitrogens with zero attached hydrogens (tertiary/aromatic N) is 3. The normalized spacial score (nSPS) is 16.7. The molecule has 0 saturated carbocycles. The Morgan fingerprint density at radius 3 is 2.41 bits per heavy atom. The van der Waals surface area contributed by atoms with Gasteiger partial charge in [-0.05, 0) is 68.1 Å². The number of primary sulfonamides is 1. The number of benzene rings is 2. The van der Waals surface area contributed by atoms with Gasteiger partial charge in [-0.2, -0.15) is 0 Å². The molecule has 1 saturated heterocycles. The number of carbonyl (C=O) groups is 2. The van der Waals surface area contributed by atoms with Crippen molar-refractivity contribution in [3.05, 3.63) is 59.7 Å². The minimum absolute atomic E-state index is 0.0124. The maximum atomic E-state index is 13.3. The fourth-order valence-corrected chi connectivity index (χ4v) is 5.51. The lowest BCUT2D eigenvalue weighted by atomic mass is 10.0. The van der Waals surface area contributed by atoms with Gasteiger partial charge in [0, 0.05) is 36.9 Å². The van der Waals surface area contributed by atoms with Gasteiger partial charge in [-0.1, -0.05) is 25.1 Å². The third-order valence-corrected chi connectivity index (χ3v) is 7.63. The van der Waals surface area contributed by atoms with Crippen molar-refractivity contribution in [2.45, 2.75) is 43.5 Å². The number of likely N-dealkylation sites (tertiary alicyclic amines) is 1. The SMILES string of the molecule is CCCN(CC(=O)N1CCc2cc(S(N)(=O)=O)ccc21)C1CCN(C(=O)c2ccccc2)CC1. The molecular weight excluding hydrogens is 452 g/mol. The maximum Gasteiger partial charge on any atom is 0.253 e. The van der Waals surface area contributed by atoms with E-state index in [1.165, 1.54) is 6.07 Å². The molecule has 2 N–H and O–H groups in total. The lowest BCUT2D eigenvalue weighted by molar-refractivity contribution is -0.120. The summed E-state index contributed by atoms with van der Waals surface area (Å²) in [4.78, 5) is 32.0. The third-order valence-electron chi connectivity index (χ3n) is 6.71. The van der Waals surface area contributed by atoms with Gasteiger partial charge in [-0.25, -0.2) is 13.6 Å². The topological polar surface area (TPSA) is 104 Å². The molecule has 34 heavy (non-hydrogen) atoms. The number of carbonyl (C=O) groups excluding carboxylic acids is 2. The van der Waals surface area contributed by atoms with E-state index in [4.69, 9.17) is 5.14 Å². The summed E-state index contributed by atoms with van der Waals surface area (Å²) in [5.41, 5.74) is 2.30. The first-order chi connectivity index (χ1) is 16.3. The maximum absolute atomic E-state index is 13.3. The lowest BCUT2D eigenvalue weighted by Crippen LogP contribution is -2.50. The van der Waals surface area contributed by atoms with Crippen molar-refractivity contribution in [3.63, 3.8) is 0 Å². The van der Waals surface area contributed by atoms with Crippen LogP contribution in [0.5, 0.6) is 0 Å². The van der Waals surface area contributed by atoms with Crippen LogP contribution >= 0.6 is 0 Å². The van der Waals surface area contributed by atoms with Crippen molar-refractivity contribution >= 4 is 27.5 Å². The van der Waals surface area contributed by atoms with Gasteiger partial charge in [0.25, 0.3) is 5.91 Å². The van der Waals surface area contributed by atoms with Gasteiger partial charge in [0.2, 0.25) is 15.9 Å². The summed E-state index contributed by atoms with van der Waals surface area (Å²) >= 11 is 0. The molecular formula is C25H32N4O4S. The van der Waals surface area contributed by atoms with Crippen LogP contribution in [0.1, 0.15) is 42.1 Å². The molecule has 182 valence electrons. The summed E-state index contributed by atoms with van der Waals surface area (Å²) in [5, 5.41) is 5.25. The number of anilines is 1. The Balaban J connectivity index is 1.39. The lowest BCUT2D eigenvalue weighted by Gasteiger charge is -2.38. The molecule has 0 unspecified atom stereocenters. The molecule has 2 aliphatic heterocycles. The summed E-state index contributed by atoms with van der Waals surface area (Å²) in [5.74, 6) is 0.0723. The van der Waals surface area contributed by atoms with Gasteiger partial charge < -0.3 is 9.80 Å². The van der Waals surface area contributed by atoms with Gasteiger partial charge in [0.05, 0.1) is 11.4 Å². The molecule has 0 aliphatic carbocycles. The Morgan fingerprint density at radius 2 is 1.76 bits per heavy atom. The standard InChI is InChI=1S/C25H32N4O4S/c1-2-13-28(21-11-14-27(15-12-21)25(31)19-6-4-3-5-7-19)18-24(30)29-16-10-20-17-22(34(26,32)33)8-9-23(20)29/h3-9,17,21H,2,10-16,18H2,1H3,(H2,26,32,33). The molecule has 0 radical (unpaired) electrons. The van der Waals surface area contributed by atoms with E-state index < -0.39 is 10.0 Å². The molecule has 0 spiro atoms. The minimum Gasteiger partial charge on any atom is -0.339 e. The van der Waals surface area contributed by atoms with Crippen molar-refractivity contribution in [2.24, 2.45) is 5.14 Å². The highest BCUT2D eigenvalue weighted by Gasteiger charge is 2.31. The third kappa shape index (κ3) is 5.32. The van der Waals surface area contributed by atoms with Gasteiger partial charge in [0.1, 0.15) is 0 Å². The molecule has 4 rings (SSSR count). The molecule has 2 aromatic carbocycles. The van der Waals surface area contributed by atoms with Crippen molar-refractivity contribution in [1.29, 1.82) is 0 Å². The molecule has 2 aromatic rings. The number of amides is 2. The predicted molar refractivity (Wildman–Crippen MR) is 131 cm³/mol. The summed E-state index contributed by atoms with van der Waals surface area (Å²) in [7, 11) is -3.77. The monoisotopic (exact) mass is 484 g/mol. The second-order valence-corrected chi connectivity index (χ2v) is 10.6. The van der Waals surface area contributed by atoms with Crippen LogP contribution in [0.3, 0.4) is 0 Å². The molecule has 2 amide bonds. The molecule has 0 atom stereocenters. The van der Waals surface area contributed by atoms with Crippen LogP contribution in [-0.2, 0) is 21.2 Å². The Bertz CT molecular complexity index is 1140. The average molecular weight is 485 g/mol. The molecule has 1 fully saturated rings. The van der Waals surface area contributed by atoms with Crippen LogP contribution in [-0.4, -0.2) is 68.8 Å². The fourth-order valence-electron chi connectivity index (χ4n) is 4.95. The number of nitrogens with two attached hydrogens (primary N) is 1. The van der Waals surface area contributed by atoms with Crippen LogP contribution in [0.15, 0.2) is 53.4 Å². The molecule has 2 aliphatic rings. The van der Waals surface area contributed by atoms with E-state index in [-0.39, 0.29) is 22.8 Å². The number of hydrogen-bond acceptors (Lipinski definition) is 5. The zero-order valence-electron chi connectivity index (χ0n) is 19.5. The number of sulfonamides is 1. The smallest absolute Gasteiger partial charge is 0.253 e. The summed E-state index contributed by atoms with van der Waals surface area (Å²) in [6.07, 6.45) is 3.21. The highest BCUT2D eigenvalue weighted by molar-refractivity contribution is 7.89. The minimum atomic E-state index is -3.77. The Morgan fingerprint density at radius 1 is 1.06 bits per heavy atom. The second-order valence-electron chi connectivity index (χ2n) is 8.99.